The zero-order chi connectivity index (χ0) is 10.8. The van der Waals surface area contributed by atoms with Gasteiger partial charge in [0, 0.05) is 17.5 Å². The Kier molecular flexibility index (Phi) is 2.51. The van der Waals surface area contributed by atoms with Crippen molar-refractivity contribution in [2.75, 3.05) is 6.54 Å². The first-order valence-corrected chi connectivity index (χ1v) is 4.91. The van der Waals surface area contributed by atoms with Crippen molar-refractivity contribution in [1.29, 1.82) is 0 Å². The fourth-order valence-electron chi connectivity index (χ4n) is 1.72. The molecule has 0 fully saturated rings. The number of nitrogens with two attached hydrogens (primary N) is 1. The summed E-state index contributed by atoms with van der Waals surface area (Å²) in [5, 5.41) is 0.986. The van der Waals surface area contributed by atoms with E-state index in [9.17, 15) is 4.79 Å². The van der Waals surface area contributed by atoms with Gasteiger partial charge in [-0.3, -0.25) is 0 Å². The topological polar surface area (TPSA) is 71.8 Å². The molecule has 3 N–H and O–H groups in total. The monoisotopic (exact) mass is 203 g/mol. The number of rotatable bonds is 2. The van der Waals surface area contributed by atoms with E-state index in [-0.39, 0.29) is 5.69 Å². The Bertz CT molecular complexity index is 545. The van der Waals surface area contributed by atoms with Crippen LogP contribution in [0.25, 0.3) is 10.9 Å². The van der Waals surface area contributed by atoms with Gasteiger partial charge in [0.1, 0.15) is 0 Å². The summed E-state index contributed by atoms with van der Waals surface area (Å²) in [7, 11) is 0. The Morgan fingerprint density at radius 1 is 1.47 bits per heavy atom. The van der Waals surface area contributed by atoms with Gasteiger partial charge >= 0.3 is 5.69 Å². The zero-order valence-electron chi connectivity index (χ0n) is 8.58. The number of H-pyrrole nitrogens is 1. The number of para-hydroxylation sites is 1. The molecule has 2 aromatic rings. The van der Waals surface area contributed by atoms with Crippen LogP contribution in [0.5, 0.6) is 0 Å². The van der Waals surface area contributed by atoms with E-state index in [0.29, 0.717) is 13.0 Å². The smallest absolute Gasteiger partial charge is 0.330 e. The van der Waals surface area contributed by atoms with Crippen molar-refractivity contribution in [3.05, 3.63) is 39.9 Å². The van der Waals surface area contributed by atoms with Gasteiger partial charge in [0.2, 0.25) is 0 Å². The van der Waals surface area contributed by atoms with E-state index in [4.69, 9.17) is 5.73 Å². The second kappa shape index (κ2) is 3.82. The molecule has 4 heteroatoms. The van der Waals surface area contributed by atoms with Gasteiger partial charge in [-0.15, -0.1) is 0 Å². The van der Waals surface area contributed by atoms with Gasteiger partial charge < -0.3 is 10.7 Å². The van der Waals surface area contributed by atoms with Crippen molar-refractivity contribution >= 4 is 10.9 Å². The predicted molar refractivity (Wildman–Crippen MR) is 59.9 cm³/mol. The standard InChI is InChI=1S/C11H13N3O/c1-7-3-2-4-8-9(5-6-12)13-11(15)14-10(7)8/h2-4H,5-6,12H2,1H3,(H,13,14,15). The first-order chi connectivity index (χ1) is 7.22. The third-order valence-corrected chi connectivity index (χ3v) is 2.43. The second-order valence-corrected chi connectivity index (χ2v) is 3.53. The van der Waals surface area contributed by atoms with Gasteiger partial charge in [0.25, 0.3) is 0 Å². The molecule has 0 radical (unpaired) electrons. The Morgan fingerprint density at radius 3 is 3.00 bits per heavy atom. The van der Waals surface area contributed by atoms with E-state index < -0.39 is 0 Å². The highest BCUT2D eigenvalue weighted by atomic mass is 16.1. The molecule has 0 spiro atoms. The first-order valence-electron chi connectivity index (χ1n) is 4.91. The zero-order valence-corrected chi connectivity index (χ0v) is 8.58. The molecule has 0 unspecified atom stereocenters. The summed E-state index contributed by atoms with van der Waals surface area (Å²) in [5.41, 5.74) is 7.84. The van der Waals surface area contributed by atoms with Crippen LogP contribution in [0.2, 0.25) is 0 Å². The quantitative estimate of drug-likeness (QED) is 0.756. The van der Waals surface area contributed by atoms with Crippen LogP contribution in [0.1, 0.15) is 11.3 Å². The highest BCUT2D eigenvalue weighted by Crippen LogP contribution is 2.16. The van der Waals surface area contributed by atoms with Crippen molar-refractivity contribution < 1.29 is 0 Å². The lowest BCUT2D eigenvalue weighted by Crippen LogP contribution is -2.16. The fraction of sp³-hybridized carbons (Fsp3) is 0.273. The van der Waals surface area contributed by atoms with Crippen molar-refractivity contribution in [1.82, 2.24) is 9.97 Å². The summed E-state index contributed by atoms with van der Waals surface area (Å²) >= 11 is 0. The van der Waals surface area contributed by atoms with Gasteiger partial charge in [0.05, 0.1) is 5.52 Å². The van der Waals surface area contributed by atoms with Crippen LogP contribution < -0.4 is 11.4 Å². The molecule has 15 heavy (non-hydrogen) atoms. The van der Waals surface area contributed by atoms with Gasteiger partial charge in [-0.05, 0) is 19.0 Å². The van der Waals surface area contributed by atoms with Crippen LogP contribution in [0.4, 0.5) is 0 Å². The number of aromatic nitrogens is 2. The number of hydrogen-bond acceptors (Lipinski definition) is 3. The number of hydrogen-bond donors (Lipinski definition) is 2. The Labute approximate surface area is 87.1 Å². The van der Waals surface area contributed by atoms with E-state index in [1.807, 2.05) is 25.1 Å². The molecule has 0 atom stereocenters. The molecule has 0 aliphatic carbocycles. The van der Waals surface area contributed by atoms with Gasteiger partial charge in [-0.2, -0.15) is 4.98 Å². The number of benzene rings is 1. The van der Waals surface area contributed by atoms with Crippen molar-refractivity contribution in [3.63, 3.8) is 0 Å². The van der Waals surface area contributed by atoms with E-state index >= 15 is 0 Å². The minimum Gasteiger partial charge on any atom is -0.330 e. The van der Waals surface area contributed by atoms with Crippen molar-refractivity contribution in [2.45, 2.75) is 13.3 Å². The van der Waals surface area contributed by atoms with Crippen LogP contribution in [-0.2, 0) is 6.42 Å². The van der Waals surface area contributed by atoms with E-state index in [1.165, 1.54) is 0 Å². The van der Waals surface area contributed by atoms with Crippen molar-refractivity contribution in [3.8, 4) is 0 Å². The summed E-state index contributed by atoms with van der Waals surface area (Å²) in [6.07, 6.45) is 0.664. The molecule has 2 rings (SSSR count). The molecule has 78 valence electrons. The average Bonchev–Trinajstić information content (AvgIpc) is 2.20. The highest BCUT2D eigenvalue weighted by molar-refractivity contribution is 5.83. The Balaban J connectivity index is 2.80. The molecule has 1 heterocycles. The maximum atomic E-state index is 11.3. The second-order valence-electron chi connectivity index (χ2n) is 3.53. The normalized spacial score (nSPS) is 10.8. The number of nitrogens with zero attached hydrogens (tertiary/aromatic N) is 1. The van der Waals surface area contributed by atoms with Crippen molar-refractivity contribution in [2.24, 2.45) is 5.73 Å². The van der Waals surface area contributed by atoms with Gasteiger partial charge in [-0.25, -0.2) is 4.79 Å². The van der Waals surface area contributed by atoms with Gasteiger partial charge in [-0.1, -0.05) is 18.2 Å². The van der Waals surface area contributed by atoms with Crippen LogP contribution in [0, 0.1) is 6.92 Å². The number of fused-ring (bicyclic) bond motifs is 1. The molecule has 0 saturated heterocycles. The third kappa shape index (κ3) is 1.76. The maximum Gasteiger partial charge on any atom is 0.345 e. The third-order valence-electron chi connectivity index (χ3n) is 2.43. The van der Waals surface area contributed by atoms with Crippen LogP contribution in [0.3, 0.4) is 0 Å². The SMILES string of the molecule is Cc1cccc2c(CCN)[nH]c(=O)nc12. The fourth-order valence-corrected chi connectivity index (χ4v) is 1.72. The lowest BCUT2D eigenvalue weighted by molar-refractivity contribution is 0.909. The Morgan fingerprint density at radius 2 is 2.27 bits per heavy atom. The molecule has 0 saturated carbocycles. The number of nitrogens with one attached hydrogen (secondary N) is 1. The largest absolute Gasteiger partial charge is 0.345 e. The van der Waals surface area contributed by atoms with E-state index in [2.05, 4.69) is 9.97 Å². The molecule has 0 bridgehead atoms. The highest BCUT2D eigenvalue weighted by Gasteiger charge is 2.05. The molecule has 0 amide bonds. The summed E-state index contributed by atoms with van der Waals surface area (Å²) in [6, 6.07) is 5.86. The van der Waals surface area contributed by atoms with Crippen LogP contribution >= 0.6 is 0 Å². The van der Waals surface area contributed by atoms with Crippen LogP contribution in [-0.4, -0.2) is 16.5 Å². The molecule has 0 aliphatic heterocycles. The van der Waals surface area contributed by atoms with E-state index in [1.54, 1.807) is 0 Å². The number of aromatic amines is 1. The Hall–Kier alpha value is -1.68. The van der Waals surface area contributed by atoms with Crippen LogP contribution in [0.15, 0.2) is 23.0 Å². The lowest BCUT2D eigenvalue weighted by Gasteiger charge is -2.05. The maximum absolute atomic E-state index is 11.3. The number of aryl methyl sites for hydroxylation is 1. The minimum absolute atomic E-state index is 0.305. The summed E-state index contributed by atoms with van der Waals surface area (Å²) in [6.45, 7) is 2.46. The molecule has 1 aromatic carbocycles. The first kappa shape index (κ1) is 9.86. The van der Waals surface area contributed by atoms with Gasteiger partial charge in [0.15, 0.2) is 0 Å². The van der Waals surface area contributed by atoms with E-state index in [0.717, 1.165) is 22.2 Å². The molecule has 1 aromatic heterocycles. The summed E-state index contributed by atoms with van der Waals surface area (Å²) in [5.74, 6) is 0. The molecule has 0 aliphatic rings. The predicted octanol–water partition coefficient (Wildman–Crippen LogP) is 0.733. The molecular weight excluding hydrogens is 190 g/mol. The molecular formula is C11H13N3O. The minimum atomic E-state index is -0.305. The average molecular weight is 203 g/mol. The summed E-state index contributed by atoms with van der Waals surface area (Å²) in [4.78, 5) is 18.0. The summed E-state index contributed by atoms with van der Waals surface area (Å²) < 4.78 is 0. The lowest BCUT2D eigenvalue weighted by atomic mass is 10.1. The molecule has 4 nitrogen and oxygen atoms in total.